The van der Waals surface area contributed by atoms with Crippen LogP contribution in [0.5, 0.6) is 0 Å². The zero-order valence-electron chi connectivity index (χ0n) is 17.4. The fraction of sp³-hybridized carbons (Fsp3) is 0.400. The van der Waals surface area contributed by atoms with Gasteiger partial charge in [-0.15, -0.1) is 11.3 Å². The molecule has 0 unspecified atom stereocenters. The van der Waals surface area contributed by atoms with Crippen LogP contribution in [0.25, 0.3) is 0 Å². The molecule has 2 heterocycles. The SMILES string of the molecule is COC(=O)c1c(NC(=O)CN(c2ccccc2C)S(C)(=O)=O)sc2c1CCN(C)C2. The second-order valence-corrected chi connectivity index (χ2v) is 10.3. The summed E-state index contributed by atoms with van der Waals surface area (Å²) < 4.78 is 30.7. The van der Waals surface area contributed by atoms with Crippen LogP contribution in [0.15, 0.2) is 24.3 Å². The minimum absolute atomic E-state index is 0.362. The number of carbonyl (C=O) groups excluding carboxylic acids is 2. The minimum atomic E-state index is -3.69. The first-order chi connectivity index (χ1) is 14.1. The lowest BCUT2D eigenvalue weighted by Crippen LogP contribution is -2.38. The highest BCUT2D eigenvalue weighted by molar-refractivity contribution is 7.92. The van der Waals surface area contributed by atoms with Crippen LogP contribution in [-0.2, 0) is 32.5 Å². The van der Waals surface area contributed by atoms with Crippen LogP contribution in [0.4, 0.5) is 10.7 Å². The maximum Gasteiger partial charge on any atom is 0.341 e. The Kier molecular flexibility index (Phi) is 6.49. The largest absolute Gasteiger partial charge is 0.465 e. The molecule has 0 radical (unpaired) electrons. The summed E-state index contributed by atoms with van der Waals surface area (Å²) in [6, 6.07) is 6.96. The van der Waals surface area contributed by atoms with E-state index in [-0.39, 0.29) is 0 Å². The van der Waals surface area contributed by atoms with Gasteiger partial charge in [0.25, 0.3) is 0 Å². The number of aryl methyl sites for hydroxylation is 1. The summed E-state index contributed by atoms with van der Waals surface area (Å²) in [5, 5.41) is 3.14. The number of sulfonamides is 1. The first kappa shape index (κ1) is 22.3. The molecule has 8 nitrogen and oxygen atoms in total. The van der Waals surface area contributed by atoms with Gasteiger partial charge in [0.2, 0.25) is 15.9 Å². The van der Waals surface area contributed by atoms with Gasteiger partial charge in [-0.1, -0.05) is 18.2 Å². The fourth-order valence-electron chi connectivity index (χ4n) is 3.46. The van der Waals surface area contributed by atoms with Gasteiger partial charge in [-0.25, -0.2) is 13.2 Å². The van der Waals surface area contributed by atoms with Gasteiger partial charge >= 0.3 is 5.97 Å². The molecular formula is C20H25N3O5S2. The number of likely N-dealkylation sites (N-methyl/N-ethyl adjacent to an activating group) is 1. The smallest absolute Gasteiger partial charge is 0.341 e. The number of nitrogens with one attached hydrogen (secondary N) is 1. The molecule has 1 aromatic carbocycles. The molecule has 10 heteroatoms. The third kappa shape index (κ3) is 4.66. The van der Waals surface area contributed by atoms with Crippen LogP contribution in [-0.4, -0.2) is 58.7 Å². The summed E-state index contributed by atoms with van der Waals surface area (Å²) in [4.78, 5) is 28.3. The number of methoxy groups -OCH3 is 1. The summed E-state index contributed by atoms with van der Waals surface area (Å²) >= 11 is 1.33. The summed E-state index contributed by atoms with van der Waals surface area (Å²) in [5.41, 5.74) is 2.43. The summed E-state index contributed by atoms with van der Waals surface area (Å²) in [7, 11) is -0.398. The van der Waals surface area contributed by atoms with E-state index in [1.165, 1.54) is 18.4 Å². The van der Waals surface area contributed by atoms with Crippen molar-refractivity contribution in [3.8, 4) is 0 Å². The number of esters is 1. The number of ether oxygens (including phenoxy) is 1. The Morgan fingerprint density at radius 2 is 2.00 bits per heavy atom. The molecule has 1 aromatic heterocycles. The Hall–Kier alpha value is -2.43. The molecule has 1 N–H and O–H groups in total. The van der Waals surface area contributed by atoms with Crippen LogP contribution in [0.3, 0.4) is 0 Å². The number of para-hydroxylation sites is 1. The maximum absolute atomic E-state index is 12.8. The van der Waals surface area contributed by atoms with E-state index < -0.39 is 28.4 Å². The molecular weight excluding hydrogens is 426 g/mol. The summed E-state index contributed by atoms with van der Waals surface area (Å²) in [6.45, 7) is 2.87. The lowest BCUT2D eigenvalue weighted by molar-refractivity contribution is -0.114. The van der Waals surface area contributed by atoms with Gasteiger partial charge < -0.3 is 15.0 Å². The van der Waals surface area contributed by atoms with Gasteiger partial charge in [-0.05, 0) is 37.6 Å². The highest BCUT2D eigenvalue weighted by atomic mass is 32.2. The first-order valence-corrected chi connectivity index (χ1v) is 12.0. The molecule has 0 bridgehead atoms. The van der Waals surface area contributed by atoms with Crippen molar-refractivity contribution < 1.29 is 22.7 Å². The van der Waals surface area contributed by atoms with Crippen molar-refractivity contribution in [1.29, 1.82) is 0 Å². The van der Waals surface area contributed by atoms with E-state index in [0.29, 0.717) is 29.2 Å². The van der Waals surface area contributed by atoms with E-state index >= 15 is 0 Å². The lowest BCUT2D eigenvalue weighted by atomic mass is 10.0. The monoisotopic (exact) mass is 451 g/mol. The van der Waals surface area contributed by atoms with Crippen molar-refractivity contribution in [2.24, 2.45) is 0 Å². The Morgan fingerprint density at radius 3 is 2.63 bits per heavy atom. The molecule has 0 aliphatic carbocycles. The second kappa shape index (κ2) is 8.75. The molecule has 0 fully saturated rings. The van der Waals surface area contributed by atoms with E-state index in [1.807, 2.05) is 7.05 Å². The predicted molar refractivity (Wildman–Crippen MR) is 118 cm³/mol. The molecule has 1 aliphatic heterocycles. The number of fused-ring (bicyclic) bond motifs is 1. The molecule has 0 atom stereocenters. The Bertz CT molecular complexity index is 1080. The Balaban J connectivity index is 1.90. The highest BCUT2D eigenvalue weighted by Crippen LogP contribution is 2.37. The predicted octanol–water partition coefficient (Wildman–Crippen LogP) is 2.24. The normalized spacial score (nSPS) is 14.1. The number of hydrogen-bond acceptors (Lipinski definition) is 7. The molecule has 1 amide bonds. The molecule has 30 heavy (non-hydrogen) atoms. The molecule has 1 aliphatic rings. The van der Waals surface area contributed by atoms with Crippen molar-refractivity contribution in [2.75, 3.05) is 43.1 Å². The van der Waals surface area contributed by atoms with E-state index in [9.17, 15) is 18.0 Å². The number of rotatable bonds is 6. The zero-order valence-corrected chi connectivity index (χ0v) is 19.0. The Morgan fingerprint density at radius 1 is 1.30 bits per heavy atom. The number of amides is 1. The molecule has 0 saturated heterocycles. The summed E-state index contributed by atoms with van der Waals surface area (Å²) in [6.07, 6.45) is 1.74. The van der Waals surface area contributed by atoms with Gasteiger partial charge in [0, 0.05) is 18.0 Å². The number of benzene rings is 1. The van der Waals surface area contributed by atoms with Crippen LogP contribution < -0.4 is 9.62 Å². The van der Waals surface area contributed by atoms with Gasteiger partial charge in [-0.2, -0.15) is 0 Å². The van der Waals surface area contributed by atoms with Crippen LogP contribution in [0.1, 0.15) is 26.4 Å². The first-order valence-electron chi connectivity index (χ1n) is 9.36. The number of hydrogen-bond donors (Lipinski definition) is 1. The zero-order chi connectivity index (χ0) is 22.1. The highest BCUT2D eigenvalue weighted by Gasteiger charge is 2.29. The van der Waals surface area contributed by atoms with Crippen molar-refractivity contribution in [3.05, 3.63) is 45.8 Å². The molecule has 3 rings (SSSR count). The third-order valence-electron chi connectivity index (χ3n) is 4.96. The lowest BCUT2D eigenvalue weighted by Gasteiger charge is -2.23. The average Bonchev–Trinajstić information content (AvgIpc) is 3.02. The molecule has 0 saturated carbocycles. The quantitative estimate of drug-likeness (QED) is 0.677. The van der Waals surface area contributed by atoms with E-state index in [4.69, 9.17) is 4.74 Å². The Labute approximate surface area is 180 Å². The van der Waals surface area contributed by atoms with Gasteiger partial charge in [0.15, 0.2) is 0 Å². The molecule has 2 aromatic rings. The van der Waals surface area contributed by atoms with Crippen LogP contribution in [0.2, 0.25) is 0 Å². The average molecular weight is 452 g/mol. The van der Waals surface area contributed by atoms with Crippen LogP contribution >= 0.6 is 11.3 Å². The standard InChI is InChI=1S/C20H25N3O5S2/c1-13-7-5-6-8-15(13)23(30(4,26)27)12-17(24)21-19-18(20(25)28-3)14-9-10-22(2)11-16(14)29-19/h5-8H,9-12H2,1-4H3,(H,21,24). The summed E-state index contributed by atoms with van der Waals surface area (Å²) in [5.74, 6) is -1.04. The molecule has 0 spiro atoms. The number of thiophene rings is 1. The van der Waals surface area contributed by atoms with Crippen molar-refractivity contribution in [1.82, 2.24) is 4.90 Å². The van der Waals surface area contributed by atoms with Crippen molar-refractivity contribution in [2.45, 2.75) is 19.9 Å². The number of nitrogens with zero attached hydrogens (tertiary/aromatic N) is 2. The third-order valence-corrected chi connectivity index (χ3v) is 7.22. The van der Waals surface area contributed by atoms with Crippen molar-refractivity contribution in [3.63, 3.8) is 0 Å². The number of anilines is 2. The van der Waals surface area contributed by atoms with Crippen LogP contribution in [0, 0.1) is 6.92 Å². The van der Waals surface area contributed by atoms with Gasteiger partial charge in [0.1, 0.15) is 11.5 Å². The minimum Gasteiger partial charge on any atom is -0.465 e. The van der Waals surface area contributed by atoms with E-state index in [0.717, 1.165) is 33.1 Å². The van der Waals surface area contributed by atoms with Gasteiger partial charge in [-0.3, -0.25) is 9.10 Å². The number of carbonyl (C=O) groups is 2. The topological polar surface area (TPSA) is 96.0 Å². The van der Waals surface area contributed by atoms with E-state index in [2.05, 4.69) is 10.2 Å². The molecule has 162 valence electrons. The van der Waals surface area contributed by atoms with Gasteiger partial charge in [0.05, 0.1) is 24.6 Å². The second-order valence-electron chi connectivity index (χ2n) is 7.29. The van der Waals surface area contributed by atoms with Crippen molar-refractivity contribution >= 4 is 43.9 Å². The maximum atomic E-state index is 12.8. The fourth-order valence-corrected chi connectivity index (χ4v) is 5.70. The van der Waals surface area contributed by atoms with E-state index in [1.54, 1.807) is 31.2 Å².